The lowest BCUT2D eigenvalue weighted by atomic mass is 9.87. The van der Waals surface area contributed by atoms with E-state index in [4.69, 9.17) is 5.26 Å². The molecule has 1 aliphatic heterocycles. The Hall–Kier alpha value is -2.45. The third kappa shape index (κ3) is 19.2. The van der Waals surface area contributed by atoms with Gasteiger partial charge in [-0.25, -0.2) is 19.3 Å². The molecule has 0 spiro atoms. The zero-order valence-corrected chi connectivity index (χ0v) is 31.6. The number of unbranched alkanes of at least 4 members (excludes halogenated alkanes) is 4. The largest absolute Gasteiger partial charge is 0.341 e. The average Bonchev–Trinajstić information content (AvgIpc) is 3.48. The van der Waals surface area contributed by atoms with Crippen LogP contribution in [0, 0.1) is 11.3 Å². The molecule has 1 saturated heterocycles. The molecular formula is C34H65N7O5S. The van der Waals surface area contributed by atoms with Gasteiger partial charge in [0.25, 0.3) is 0 Å². The van der Waals surface area contributed by atoms with Crippen molar-refractivity contribution in [3.63, 3.8) is 0 Å². The normalized spacial score (nSPS) is 16.3. The maximum Gasteiger partial charge on any atom is 0.315 e. The zero-order chi connectivity index (χ0) is 35.8. The van der Waals surface area contributed by atoms with Gasteiger partial charge in [-0.05, 0) is 68.6 Å². The summed E-state index contributed by atoms with van der Waals surface area (Å²) in [6.07, 6.45) is 11.3. The SMILES string of the molecule is CC.CCCCCCCC(C)C(NC=O)N(C)OO.C[C@@H]1CCCN1C(=O)CNC(=O)N[C@H](CN(C)Sc1ccccn1)C(C)(C)C. The number of amides is 4. The fraction of sp³-hybridized carbons (Fsp3) is 0.765. The number of pyridine rings is 1. The van der Waals surface area contributed by atoms with E-state index in [2.05, 4.69) is 64.8 Å². The molecule has 2 heterocycles. The highest BCUT2D eigenvalue weighted by Gasteiger charge is 2.29. The second-order valence-corrected chi connectivity index (χ2v) is 14.2. The number of hydrogen-bond acceptors (Lipinski definition) is 9. The highest BCUT2D eigenvalue weighted by molar-refractivity contribution is 7.96. The third-order valence-corrected chi connectivity index (χ3v) is 8.90. The summed E-state index contributed by atoms with van der Waals surface area (Å²) in [6, 6.07) is 5.66. The molecule has 272 valence electrons. The standard InChI is InChI=1S/C20H33N5O2S.C12H26N2O3.C2H6/c1-15-9-8-12-25(15)18(26)13-22-19(27)23-16(20(2,3)4)14-24(5)28-17-10-6-7-11-21-17;1-4-5-6-7-8-9-11(2)12(13-10-15)14(3)17-16;1-2/h6-7,10-11,15-16H,8-9,12-14H2,1-5H3,(H2,22,23,27);10-12,16H,4-9H2,1-3H3,(H,13,15);1-2H3/t15-,16-;;/m1../s1. The number of carbonyl (C=O) groups is 3. The van der Waals surface area contributed by atoms with E-state index in [-0.39, 0.29) is 48.1 Å². The number of likely N-dealkylation sites (tertiary alicyclic amines) is 1. The topological polar surface area (TPSA) is 139 Å². The second-order valence-electron chi connectivity index (χ2n) is 12.9. The van der Waals surface area contributed by atoms with Crippen molar-refractivity contribution < 1.29 is 24.6 Å². The lowest BCUT2D eigenvalue weighted by Gasteiger charge is -2.34. The fourth-order valence-corrected chi connectivity index (χ4v) is 5.93. The van der Waals surface area contributed by atoms with Crippen LogP contribution in [0.25, 0.3) is 0 Å². The minimum atomic E-state index is -0.309. The number of nitrogens with one attached hydrogen (secondary N) is 3. The molecule has 4 atom stereocenters. The number of carbonyl (C=O) groups excluding carboxylic acids is 3. The Kier molecular flexibility index (Phi) is 24.2. The van der Waals surface area contributed by atoms with Gasteiger partial charge in [0.05, 0.1) is 6.54 Å². The molecule has 4 N–H and O–H groups in total. The number of aromatic nitrogens is 1. The molecule has 0 bridgehead atoms. The van der Waals surface area contributed by atoms with E-state index >= 15 is 0 Å². The molecule has 13 heteroatoms. The van der Waals surface area contributed by atoms with Gasteiger partial charge in [0.15, 0.2) is 0 Å². The Morgan fingerprint density at radius 1 is 1.19 bits per heavy atom. The number of nitrogens with zero attached hydrogens (tertiary/aromatic N) is 4. The first-order valence-corrected chi connectivity index (χ1v) is 18.0. The average molecular weight is 684 g/mol. The van der Waals surface area contributed by atoms with Gasteiger partial charge in [-0.15, -0.1) is 10.1 Å². The van der Waals surface area contributed by atoms with Crippen LogP contribution in [0.4, 0.5) is 4.79 Å². The number of rotatable bonds is 18. The second kappa shape index (κ2) is 25.6. The molecule has 2 rings (SSSR count). The number of hydrogen-bond donors (Lipinski definition) is 4. The van der Waals surface area contributed by atoms with Gasteiger partial charge in [-0.1, -0.05) is 86.6 Å². The minimum absolute atomic E-state index is 0.0183. The summed E-state index contributed by atoms with van der Waals surface area (Å²) in [6.45, 7) is 18.0. The minimum Gasteiger partial charge on any atom is -0.341 e. The highest BCUT2D eigenvalue weighted by Crippen LogP contribution is 2.24. The van der Waals surface area contributed by atoms with Crippen LogP contribution in [0.1, 0.15) is 107 Å². The van der Waals surface area contributed by atoms with E-state index in [9.17, 15) is 14.4 Å². The molecule has 2 unspecified atom stereocenters. The van der Waals surface area contributed by atoms with Gasteiger partial charge in [0.1, 0.15) is 11.2 Å². The van der Waals surface area contributed by atoms with E-state index < -0.39 is 0 Å². The molecule has 1 aromatic heterocycles. The fourth-order valence-electron chi connectivity index (χ4n) is 5.14. The monoisotopic (exact) mass is 683 g/mol. The molecule has 0 saturated carbocycles. The van der Waals surface area contributed by atoms with Gasteiger partial charge < -0.3 is 20.9 Å². The van der Waals surface area contributed by atoms with Gasteiger partial charge in [-0.3, -0.25) is 9.59 Å². The Balaban J connectivity index is 0.000000958. The van der Waals surface area contributed by atoms with E-state index in [1.165, 1.54) is 30.7 Å². The Bertz CT molecular complexity index is 970. The van der Waals surface area contributed by atoms with Crippen LogP contribution in [0.5, 0.6) is 0 Å². The summed E-state index contributed by atoms with van der Waals surface area (Å²) in [4.78, 5) is 45.5. The van der Waals surface area contributed by atoms with Crippen molar-refractivity contribution in [2.45, 2.75) is 130 Å². The number of likely N-dealkylation sites (N-methyl/N-ethyl adjacent to an activating group) is 1. The maximum atomic E-state index is 12.4. The van der Waals surface area contributed by atoms with Crippen molar-refractivity contribution in [3.05, 3.63) is 24.4 Å². The van der Waals surface area contributed by atoms with Crippen LogP contribution < -0.4 is 16.0 Å². The summed E-state index contributed by atoms with van der Waals surface area (Å²) in [5.41, 5.74) is -0.135. The van der Waals surface area contributed by atoms with E-state index in [0.29, 0.717) is 13.0 Å². The lowest BCUT2D eigenvalue weighted by molar-refractivity contribution is -0.404. The molecule has 1 fully saturated rings. The Morgan fingerprint density at radius 2 is 1.87 bits per heavy atom. The van der Waals surface area contributed by atoms with Gasteiger partial charge in [0, 0.05) is 38.4 Å². The molecule has 0 aromatic carbocycles. The van der Waals surface area contributed by atoms with Gasteiger partial charge >= 0.3 is 6.03 Å². The Labute approximate surface area is 289 Å². The van der Waals surface area contributed by atoms with Crippen LogP contribution in [0.3, 0.4) is 0 Å². The summed E-state index contributed by atoms with van der Waals surface area (Å²) in [5.74, 6) is 0.217. The van der Waals surface area contributed by atoms with Crippen molar-refractivity contribution in [1.82, 2.24) is 35.2 Å². The first-order chi connectivity index (χ1) is 22.3. The van der Waals surface area contributed by atoms with Crippen LogP contribution in [0.2, 0.25) is 0 Å². The van der Waals surface area contributed by atoms with Crippen molar-refractivity contribution in [1.29, 1.82) is 0 Å². The van der Waals surface area contributed by atoms with Gasteiger partial charge in [0.2, 0.25) is 12.3 Å². The third-order valence-electron chi connectivity index (χ3n) is 8.01. The van der Waals surface area contributed by atoms with Gasteiger partial charge in [-0.2, -0.15) is 0 Å². The summed E-state index contributed by atoms with van der Waals surface area (Å²) in [5, 5.41) is 19.2. The first-order valence-electron chi connectivity index (χ1n) is 17.2. The lowest BCUT2D eigenvalue weighted by Crippen LogP contribution is -2.53. The molecular weight excluding hydrogens is 618 g/mol. The summed E-state index contributed by atoms with van der Waals surface area (Å²) >= 11 is 1.54. The molecule has 4 amide bonds. The zero-order valence-electron chi connectivity index (χ0n) is 30.8. The van der Waals surface area contributed by atoms with Crippen molar-refractivity contribution in [2.24, 2.45) is 11.3 Å². The molecule has 47 heavy (non-hydrogen) atoms. The molecule has 0 aliphatic carbocycles. The van der Waals surface area contributed by atoms with E-state index in [0.717, 1.165) is 37.3 Å². The molecule has 0 radical (unpaired) electrons. The molecule has 1 aliphatic rings. The Morgan fingerprint density at radius 3 is 2.40 bits per heavy atom. The smallest absolute Gasteiger partial charge is 0.315 e. The number of urea groups is 1. The first kappa shape index (κ1) is 44.5. The van der Waals surface area contributed by atoms with Crippen LogP contribution >= 0.6 is 11.9 Å². The molecule has 1 aromatic rings. The van der Waals surface area contributed by atoms with Crippen LogP contribution in [0.15, 0.2) is 29.4 Å². The maximum absolute atomic E-state index is 12.4. The predicted molar refractivity (Wildman–Crippen MR) is 191 cm³/mol. The summed E-state index contributed by atoms with van der Waals surface area (Å²) < 4.78 is 2.07. The molecule has 12 nitrogen and oxygen atoms in total. The summed E-state index contributed by atoms with van der Waals surface area (Å²) in [7, 11) is 3.57. The van der Waals surface area contributed by atoms with Crippen LogP contribution in [-0.2, 0) is 14.6 Å². The van der Waals surface area contributed by atoms with E-state index in [1.807, 2.05) is 50.9 Å². The van der Waals surface area contributed by atoms with Crippen LogP contribution in [-0.4, -0.2) is 94.8 Å². The quantitative estimate of drug-likeness (QED) is 0.0358. The number of hydroxylamine groups is 2. The van der Waals surface area contributed by atoms with E-state index in [1.54, 1.807) is 25.2 Å². The predicted octanol–water partition coefficient (Wildman–Crippen LogP) is 6.16. The van der Waals surface area contributed by atoms with Crippen molar-refractivity contribution in [2.75, 3.05) is 33.7 Å². The highest BCUT2D eigenvalue weighted by atomic mass is 32.2. The van der Waals surface area contributed by atoms with Crippen molar-refractivity contribution >= 4 is 30.3 Å². The van der Waals surface area contributed by atoms with Crippen molar-refractivity contribution in [3.8, 4) is 0 Å².